The SMILES string of the molecule is O=C(CCNCC1CCCCO1)NC1CC1. The van der Waals surface area contributed by atoms with Crippen molar-refractivity contribution in [1.82, 2.24) is 10.6 Å². The highest BCUT2D eigenvalue weighted by Gasteiger charge is 2.22. The predicted octanol–water partition coefficient (Wildman–Crippen LogP) is 0.814. The minimum Gasteiger partial charge on any atom is -0.377 e. The molecule has 1 heterocycles. The molecule has 0 radical (unpaired) electrons. The summed E-state index contributed by atoms with van der Waals surface area (Å²) in [5.41, 5.74) is 0. The van der Waals surface area contributed by atoms with E-state index >= 15 is 0 Å². The lowest BCUT2D eigenvalue weighted by molar-refractivity contribution is -0.121. The van der Waals surface area contributed by atoms with Crippen LogP contribution in [0.2, 0.25) is 0 Å². The molecule has 0 bridgehead atoms. The number of amides is 1. The molecule has 0 aromatic heterocycles. The highest BCUT2D eigenvalue weighted by atomic mass is 16.5. The maximum Gasteiger partial charge on any atom is 0.221 e. The van der Waals surface area contributed by atoms with Crippen molar-refractivity contribution >= 4 is 5.91 Å². The molecule has 92 valence electrons. The van der Waals surface area contributed by atoms with Crippen LogP contribution in [-0.2, 0) is 9.53 Å². The van der Waals surface area contributed by atoms with Crippen molar-refractivity contribution in [2.45, 2.75) is 50.7 Å². The summed E-state index contributed by atoms with van der Waals surface area (Å²) in [4.78, 5) is 11.4. The number of rotatable bonds is 6. The number of ether oxygens (including phenoxy) is 1. The molecular formula is C12H22N2O2. The zero-order valence-corrected chi connectivity index (χ0v) is 9.84. The first-order valence-corrected chi connectivity index (χ1v) is 6.46. The Morgan fingerprint density at radius 3 is 2.81 bits per heavy atom. The molecule has 16 heavy (non-hydrogen) atoms. The summed E-state index contributed by atoms with van der Waals surface area (Å²) in [6.45, 7) is 2.55. The van der Waals surface area contributed by atoms with Gasteiger partial charge in [0.2, 0.25) is 5.91 Å². The second-order valence-electron chi connectivity index (χ2n) is 4.78. The Bertz CT molecular complexity index is 223. The van der Waals surface area contributed by atoms with Crippen molar-refractivity contribution in [2.75, 3.05) is 19.7 Å². The topological polar surface area (TPSA) is 50.4 Å². The monoisotopic (exact) mass is 226 g/mol. The fourth-order valence-electron chi connectivity index (χ4n) is 1.96. The second kappa shape index (κ2) is 6.21. The standard InChI is InChI=1S/C12H22N2O2/c15-12(14-10-4-5-10)6-7-13-9-11-3-1-2-8-16-11/h10-11,13H,1-9H2,(H,14,15). The highest BCUT2D eigenvalue weighted by Crippen LogP contribution is 2.18. The van der Waals surface area contributed by atoms with Gasteiger partial charge in [0.1, 0.15) is 0 Å². The number of nitrogens with one attached hydrogen (secondary N) is 2. The summed E-state index contributed by atoms with van der Waals surface area (Å²) in [7, 11) is 0. The molecular weight excluding hydrogens is 204 g/mol. The zero-order valence-electron chi connectivity index (χ0n) is 9.84. The number of carbonyl (C=O) groups is 1. The van der Waals surface area contributed by atoms with Crippen LogP contribution in [0.5, 0.6) is 0 Å². The van der Waals surface area contributed by atoms with Crippen molar-refractivity contribution in [3.8, 4) is 0 Å². The third-order valence-electron chi connectivity index (χ3n) is 3.12. The molecule has 2 rings (SSSR count). The van der Waals surface area contributed by atoms with Crippen LogP contribution in [0.4, 0.5) is 0 Å². The molecule has 0 aromatic rings. The van der Waals surface area contributed by atoms with Gasteiger partial charge in [-0.05, 0) is 32.1 Å². The van der Waals surface area contributed by atoms with E-state index in [-0.39, 0.29) is 5.91 Å². The quantitative estimate of drug-likeness (QED) is 0.659. The minimum absolute atomic E-state index is 0.180. The van der Waals surface area contributed by atoms with Crippen molar-refractivity contribution in [3.63, 3.8) is 0 Å². The van der Waals surface area contributed by atoms with Gasteiger partial charge in [0, 0.05) is 32.2 Å². The Balaban J connectivity index is 1.45. The Morgan fingerprint density at radius 1 is 1.25 bits per heavy atom. The number of hydrogen-bond acceptors (Lipinski definition) is 3. The van der Waals surface area contributed by atoms with Gasteiger partial charge in [-0.25, -0.2) is 0 Å². The average molecular weight is 226 g/mol. The van der Waals surface area contributed by atoms with Gasteiger partial charge in [-0.3, -0.25) is 4.79 Å². The lowest BCUT2D eigenvalue weighted by atomic mass is 10.1. The fourth-order valence-corrected chi connectivity index (χ4v) is 1.96. The molecule has 2 fully saturated rings. The predicted molar refractivity (Wildman–Crippen MR) is 62.2 cm³/mol. The Labute approximate surface area is 97.1 Å². The van der Waals surface area contributed by atoms with Gasteiger partial charge < -0.3 is 15.4 Å². The molecule has 2 aliphatic rings. The number of carbonyl (C=O) groups excluding carboxylic acids is 1. The van der Waals surface area contributed by atoms with E-state index in [4.69, 9.17) is 4.74 Å². The van der Waals surface area contributed by atoms with Crippen LogP contribution in [0.15, 0.2) is 0 Å². The molecule has 1 unspecified atom stereocenters. The van der Waals surface area contributed by atoms with E-state index in [0.717, 1.165) is 39.0 Å². The largest absolute Gasteiger partial charge is 0.377 e. The van der Waals surface area contributed by atoms with Crippen LogP contribution in [-0.4, -0.2) is 37.7 Å². The zero-order chi connectivity index (χ0) is 11.2. The maximum absolute atomic E-state index is 11.4. The first-order chi connectivity index (χ1) is 7.84. The normalized spacial score (nSPS) is 25.4. The molecule has 1 saturated carbocycles. The Morgan fingerprint density at radius 2 is 2.12 bits per heavy atom. The molecule has 1 atom stereocenters. The maximum atomic E-state index is 11.4. The summed E-state index contributed by atoms with van der Waals surface area (Å²) in [6, 6.07) is 0.481. The summed E-state index contributed by atoms with van der Waals surface area (Å²) >= 11 is 0. The van der Waals surface area contributed by atoms with Crippen LogP contribution >= 0.6 is 0 Å². The van der Waals surface area contributed by atoms with Crippen LogP contribution in [0, 0.1) is 0 Å². The van der Waals surface area contributed by atoms with E-state index in [1.54, 1.807) is 0 Å². The fraction of sp³-hybridized carbons (Fsp3) is 0.917. The summed E-state index contributed by atoms with van der Waals surface area (Å²) in [5.74, 6) is 0.180. The first-order valence-electron chi connectivity index (χ1n) is 6.46. The Hall–Kier alpha value is -0.610. The van der Waals surface area contributed by atoms with Crippen molar-refractivity contribution < 1.29 is 9.53 Å². The van der Waals surface area contributed by atoms with E-state index in [0.29, 0.717) is 18.6 Å². The third kappa shape index (κ3) is 4.49. The molecule has 4 nitrogen and oxygen atoms in total. The lowest BCUT2D eigenvalue weighted by Crippen LogP contribution is -2.34. The lowest BCUT2D eigenvalue weighted by Gasteiger charge is -2.22. The van der Waals surface area contributed by atoms with Crippen molar-refractivity contribution in [3.05, 3.63) is 0 Å². The second-order valence-corrected chi connectivity index (χ2v) is 4.78. The van der Waals surface area contributed by atoms with Gasteiger partial charge >= 0.3 is 0 Å². The Kier molecular flexibility index (Phi) is 4.60. The summed E-state index contributed by atoms with van der Waals surface area (Å²) < 4.78 is 5.60. The molecule has 2 N–H and O–H groups in total. The van der Waals surface area contributed by atoms with Gasteiger partial charge in [0.25, 0.3) is 0 Å². The molecule has 4 heteroatoms. The van der Waals surface area contributed by atoms with Crippen LogP contribution in [0.25, 0.3) is 0 Å². The van der Waals surface area contributed by atoms with Gasteiger partial charge in [-0.15, -0.1) is 0 Å². The average Bonchev–Trinajstić information content (AvgIpc) is 3.10. The van der Waals surface area contributed by atoms with E-state index in [1.807, 2.05) is 0 Å². The molecule has 0 aromatic carbocycles. The molecule has 1 aliphatic carbocycles. The van der Waals surface area contributed by atoms with Crippen molar-refractivity contribution in [2.24, 2.45) is 0 Å². The molecule has 1 saturated heterocycles. The summed E-state index contributed by atoms with van der Waals surface area (Å²) in [5, 5.41) is 6.28. The van der Waals surface area contributed by atoms with Crippen LogP contribution in [0.1, 0.15) is 38.5 Å². The van der Waals surface area contributed by atoms with Gasteiger partial charge in [0.05, 0.1) is 6.10 Å². The first kappa shape index (κ1) is 11.9. The van der Waals surface area contributed by atoms with Gasteiger partial charge in [-0.2, -0.15) is 0 Å². The van der Waals surface area contributed by atoms with Gasteiger partial charge in [-0.1, -0.05) is 0 Å². The third-order valence-corrected chi connectivity index (χ3v) is 3.12. The highest BCUT2D eigenvalue weighted by molar-refractivity contribution is 5.76. The van der Waals surface area contributed by atoms with E-state index in [1.165, 1.54) is 12.8 Å². The van der Waals surface area contributed by atoms with Gasteiger partial charge in [0.15, 0.2) is 0 Å². The number of hydrogen-bond donors (Lipinski definition) is 2. The minimum atomic E-state index is 0.180. The molecule has 1 aliphatic heterocycles. The molecule has 0 spiro atoms. The van der Waals surface area contributed by atoms with E-state index in [2.05, 4.69) is 10.6 Å². The van der Waals surface area contributed by atoms with Crippen molar-refractivity contribution in [1.29, 1.82) is 0 Å². The van der Waals surface area contributed by atoms with E-state index < -0.39 is 0 Å². The van der Waals surface area contributed by atoms with E-state index in [9.17, 15) is 4.79 Å². The van der Waals surface area contributed by atoms with Crippen LogP contribution in [0.3, 0.4) is 0 Å². The summed E-state index contributed by atoms with van der Waals surface area (Å²) in [6.07, 6.45) is 6.89. The smallest absolute Gasteiger partial charge is 0.221 e. The van der Waals surface area contributed by atoms with Crippen LogP contribution < -0.4 is 10.6 Å². The molecule has 1 amide bonds.